The first-order chi connectivity index (χ1) is 15.3. The van der Waals surface area contributed by atoms with Gasteiger partial charge in [0.05, 0.1) is 5.56 Å². The maximum absolute atomic E-state index is 12.9. The van der Waals surface area contributed by atoms with E-state index in [-0.39, 0.29) is 5.69 Å². The SMILES string of the molecule is CSc1nc(N)cc(Oc2cccc(-c3nnc(Nc4cccc(C(F)(F)F)c4)s3)c2)n1. The predicted octanol–water partition coefficient (Wildman–Crippen LogP) is 5.85. The third kappa shape index (κ3) is 5.26. The van der Waals surface area contributed by atoms with Gasteiger partial charge in [-0.05, 0) is 36.6 Å². The van der Waals surface area contributed by atoms with Crippen molar-refractivity contribution in [1.29, 1.82) is 0 Å². The van der Waals surface area contributed by atoms with Gasteiger partial charge in [0.15, 0.2) is 5.16 Å². The Morgan fingerprint density at radius 3 is 2.62 bits per heavy atom. The molecule has 0 aliphatic rings. The van der Waals surface area contributed by atoms with Crippen LogP contribution in [0.15, 0.2) is 59.8 Å². The second-order valence-electron chi connectivity index (χ2n) is 6.36. The van der Waals surface area contributed by atoms with E-state index >= 15 is 0 Å². The van der Waals surface area contributed by atoms with E-state index in [1.54, 1.807) is 18.2 Å². The molecule has 0 unspecified atom stereocenters. The number of rotatable bonds is 6. The molecular weight excluding hydrogens is 461 g/mol. The van der Waals surface area contributed by atoms with Crippen LogP contribution in [0.2, 0.25) is 0 Å². The minimum absolute atomic E-state index is 0.269. The first kappa shape index (κ1) is 21.8. The van der Waals surface area contributed by atoms with E-state index in [0.29, 0.717) is 32.7 Å². The van der Waals surface area contributed by atoms with E-state index in [2.05, 4.69) is 25.5 Å². The minimum Gasteiger partial charge on any atom is -0.439 e. The topological polar surface area (TPSA) is 98.8 Å². The molecule has 0 radical (unpaired) electrons. The summed E-state index contributed by atoms with van der Waals surface area (Å²) in [5.41, 5.74) is 6.03. The highest BCUT2D eigenvalue weighted by Gasteiger charge is 2.30. The Balaban J connectivity index is 1.52. The van der Waals surface area contributed by atoms with E-state index in [1.165, 1.54) is 41.3 Å². The van der Waals surface area contributed by atoms with Gasteiger partial charge in [-0.15, -0.1) is 10.2 Å². The van der Waals surface area contributed by atoms with Crippen molar-refractivity contribution in [1.82, 2.24) is 20.2 Å². The van der Waals surface area contributed by atoms with Gasteiger partial charge in [-0.25, -0.2) is 4.98 Å². The Hall–Kier alpha value is -3.38. The zero-order valence-corrected chi connectivity index (χ0v) is 18.1. The number of nitrogens with one attached hydrogen (secondary N) is 1. The third-order valence-corrected chi connectivity index (χ3v) is 5.49. The molecule has 2 aromatic carbocycles. The van der Waals surface area contributed by atoms with Crippen molar-refractivity contribution in [2.45, 2.75) is 11.3 Å². The van der Waals surface area contributed by atoms with Crippen LogP contribution in [-0.2, 0) is 6.18 Å². The smallest absolute Gasteiger partial charge is 0.416 e. The molecule has 0 saturated carbocycles. The van der Waals surface area contributed by atoms with Crippen LogP contribution in [0.3, 0.4) is 0 Å². The lowest BCUT2D eigenvalue weighted by Gasteiger charge is -2.08. The number of hydrogen-bond acceptors (Lipinski definition) is 9. The number of thioether (sulfide) groups is 1. The Morgan fingerprint density at radius 1 is 1.03 bits per heavy atom. The van der Waals surface area contributed by atoms with Gasteiger partial charge in [0.2, 0.25) is 11.0 Å². The molecule has 0 aliphatic heterocycles. The Morgan fingerprint density at radius 2 is 1.84 bits per heavy atom. The first-order valence-electron chi connectivity index (χ1n) is 9.05. The lowest BCUT2D eigenvalue weighted by atomic mass is 10.2. The molecule has 12 heteroatoms. The molecule has 32 heavy (non-hydrogen) atoms. The molecule has 2 heterocycles. The number of alkyl halides is 3. The quantitative estimate of drug-likeness (QED) is 0.264. The first-order valence-corrected chi connectivity index (χ1v) is 11.1. The second-order valence-corrected chi connectivity index (χ2v) is 8.11. The molecule has 3 N–H and O–H groups in total. The molecule has 7 nitrogen and oxygen atoms in total. The Bertz CT molecular complexity index is 1250. The number of anilines is 3. The van der Waals surface area contributed by atoms with Crippen molar-refractivity contribution in [3.63, 3.8) is 0 Å². The molecular formula is C20H15F3N6OS2. The Labute approximate surface area is 188 Å². The van der Waals surface area contributed by atoms with E-state index < -0.39 is 11.7 Å². The normalized spacial score (nSPS) is 11.4. The maximum atomic E-state index is 12.9. The van der Waals surface area contributed by atoms with Gasteiger partial charge < -0.3 is 15.8 Å². The van der Waals surface area contributed by atoms with Crippen molar-refractivity contribution in [2.75, 3.05) is 17.3 Å². The molecule has 2 aromatic heterocycles. The molecule has 0 amide bonds. The zero-order chi connectivity index (χ0) is 22.7. The summed E-state index contributed by atoms with van der Waals surface area (Å²) in [4.78, 5) is 8.34. The highest BCUT2D eigenvalue weighted by atomic mass is 32.2. The summed E-state index contributed by atoms with van der Waals surface area (Å²) in [5.74, 6) is 1.11. The average molecular weight is 477 g/mol. The van der Waals surface area contributed by atoms with Crippen LogP contribution in [-0.4, -0.2) is 26.4 Å². The summed E-state index contributed by atoms with van der Waals surface area (Å²) in [5, 5.41) is 12.4. The van der Waals surface area contributed by atoms with Gasteiger partial charge in [0.1, 0.15) is 16.6 Å². The van der Waals surface area contributed by atoms with E-state index in [4.69, 9.17) is 10.5 Å². The van der Waals surface area contributed by atoms with Crippen LogP contribution in [0, 0.1) is 0 Å². The largest absolute Gasteiger partial charge is 0.439 e. The lowest BCUT2D eigenvalue weighted by molar-refractivity contribution is -0.137. The highest BCUT2D eigenvalue weighted by Crippen LogP contribution is 2.34. The molecule has 0 atom stereocenters. The average Bonchev–Trinajstić information content (AvgIpc) is 3.21. The van der Waals surface area contributed by atoms with Gasteiger partial charge in [0.25, 0.3) is 0 Å². The summed E-state index contributed by atoms with van der Waals surface area (Å²) < 4.78 is 44.5. The summed E-state index contributed by atoms with van der Waals surface area (Å²) in [6.07, 6.45) is -2.59. The predicted molar refractivity (Wildman–Crippen MR) is 118 cm³/mol. The summed E-state index contributed by atoms with van der Waals surface area (Å²) >= 11 is 2.54. The fourth-order valence-corrected chi connectivity index (χ4v) is 3.80. The van der Waals surface area contributed by atoms with Crippen molar-refractivity contribution in [3.8, 4) is 22.2 Å². The molecule has 0 bridgehead atoms. The molecule has 0 aliphatic carbocycles. The van der Waals surface area contributed by atoms with Crippen LogP contribution < -0.4 is 15.8 Å². The van der Waals surface area contributed by atoms with Crippen LogP contribution in [0.1, 0.15) is 5.56 Å². The van der Waals surface area contributed by atoms with E-state index in [0.717, 1.165) is 17.7 Å². The van der Waals surface area contributed by atoms with Crippen molar-refractivity contribution < 1.29 is 17.9 Å². The third-order valence-electron chi connectivity index (χ3n) is 4.05. The van der Waals surface area contributed by atoms with E-state index in [1.807, 2.05) is 12.3 Å². The molecule has 4 aromatic rings. The van der Waals surface area contributed by atoms with Crippen LogP contribution in [0.5, 0.6) is 11.6 Å². The van der Waals surface area contributed by atoms with Crippen molar-refractivity contribution in [3.05, 3.63) is 60.2 Å². The number of aromatic nitrogens is 4. The van der Waals surface area contributed by atoms with Crippen LogP contribution in [0.4, 0.5) is 29.8 Å². The second kappa shape index (κ2) is 9.01. The molecule has 164 valence electrons. The number of benzene rings is 2. The fourth-order valence-electron chi connectivity index (χ4n) is 2.66. The summed E-state index contributed by atoms with van der Waals surface area (Å²) in [7, 11) is 0. The number of nitrogens with two attached hydrogens (primary N) is 1. The molecule has 0 spiro atoms. The summed E-state index contributed by atoms with van der Waals surface area (Å²) in [6, 6.07) is 13.5. The molecule has 0 saturated heterocycles. The van der Waals surface area contributed by atoms with Gasteiger partial charge in [-0.1, -0.05) is 41.3 Å². The zero-order valence-electron chi connectivity index (χ0n) is 16.4. The number of nitrogens with zero attached hydrogens (tertiary/aromatic N) is 4. The number of hydrogen-bond donors (Lipinski definition) is 2. The number of halogens is 3. The van der Waals surface area contributed by atoms with Crippen LogP contribution >= 0.6 is 23.1 Å². The summed E-state index contributed by atoms with van der Waals surface area (Å²) in [6.45, 7) is 0. The maximum Gasteiger partial charge on any atom is 0.416 e. The standard InChI is InChI=1S/C20H15F3N6OS2/c1-31-18-26-15(24)10-16(27-18)30-14-7-2-4-11(8-14)17-28-29-19(32-17)25-13-6-3-5-12(9-13)20(21,22)23/h2-10H,1H3,(H,25,29)(H2,24,26,27). The van der Waals surface area contributed by atoms with Crippen molar-refractivity contribution in [2.24, 2.45) is 0 Å². The lowest BCUT2D eigenvalue weighted by Crippen LogP contribution is -2.05. The monoisotopic (exact) mass is 476 g/mol. The fraction of sp³-hybridized carbons (Fsp3) is 0.100. The van der Waals surface area contributed by atoms with Gasteiger partial charge >= 0.3 is 6.18 Å². The van der Waals surface area contributed by atoms with Gasteiger partial charge in [-0.3, -0.25) is 0 Å². The van der Waals surface area contributed by atoms with E-state index in [9.17, 15) is 13.2 Å². The van der Waals surface area contributed by atoms with Gasteiger partial charge in [0, 0.05) is 17.3 Å². The minimum atomic E-state index is -4.42. The van der Waals surface area contributed by atoms with Crippen LogP contribution in [0.25, 0.3) is 10.6 Å². The Kier molecular flexibility index (Phi) is 6.15. The molecule has 0 fully saturated rings. The number of nitrogen functional groups attached to an aromatic ring is 1. The van der Waals surface area contributed by atoms with Crippen molar-refractivity contribution >= 4 is 39.7 Å². The highest BCUT2D eigenvalue weighted by molar-refractivity contribution is 7.98. The molecule has 4 rings (SSSR count). The number of ether oxygens (including phenoxy) is 1. The van der Waals surface area contributed by atoms with Gasteiger partial charge in [-0.2, -0.15) is 18.2 Å².